The Hall–Kier alpha value is -4.66. The molecule has 0 bridgehead atoms. The highest BCUT2D eigenvalue weighted by Crippen LogP contribution is 2.33. The Morgan fingerprint density at radius 1 is 0.944 bits per heavy atom. The summed E-state index contributed by atoms with van der Waals surface area (Å²) in [6.07, 6.45) is 0.854. The van der Waals surface area contributed by atoms with Crippen molar-refractivity contribution in [2.45, 2.75) is 13.8 Å². The van der Waals surface area contributed by atoms with Crippen LogP contribution in [0.25, 0.3) is 17.2 Å². The van der Waals surface area contributed by atoms with E-state index >= 15 is 0 Å². The molecule has 3 aromatic carbocycles. The van der Waals surface area contributed by atoms with E-state index < -0.39 is 17.0 Å². The standard InChI is InChI=1S/C27H26N2O7/c1-4-34-25(26(30)35-5-2)18-19-11-16-23(20-9-7-6-8-10-20)24(17-19)28(3)27(31)36-22-14-12-21(13-15-22)29(32)33/h6-18H,4-5H2,1-3H3/b25-18-. The molecule has 186 valence electrons. The molecule has 9 heteroatoms. The van der Waals surface area contributed by atoms with E-state index in [9.17, 15) is 19.7 Å². The normalized spacial score (nSPS) is 10.9. The lowest BCUT2D eigenvalue weighted by Gasteiger charge is -2.21. The number of carbonyl (C=O) groups excluding carboxylic acids is 2. The van der Waals surface area contributed by atoms with Crippen LogP contribution in [0.2, 0.25) is 0 Å². The molecule has 36 heavy (non-hydrogen) atoms. The quantitative estimate of drug-likeness (QED) is 0.122. The first-order chi connectivity index (χ1) is 17.3. The van der Waals surface area contributed by atoms with E-state index in [4.69, 9.17) is 14.2 Å². The average Bonchev–Trinajstić information content (AvgIpc) is 2.89. The smallest absolute Gasteiger partial charge is 0.419 e. The molecular weight excluding hydrogens is 464 g/mol. The van der Waals surface area contributed by atoms with Crippen molar-refractivity contribution in [3.63, 3.8) is 0 Å². The first kappa shape index (κ1) is 26.0. The van der Waals surface area contributed by atoms with Gasteiger partial charge in [-0.3, -0.25) is 15.0 Å². The van der Waals surface area contributed by atoms with Crippen LogP contribution in [0.4, 0.5) is 16.2 Å². The number of benzene rings is 3. The monoisotopic (exact) mass is 490 g/mol. The second-order valence-corrected chi connectivity index (χ2v) is 7.48. The summed E-state index contributed by atoms with van der Waals surface area (Å²) in [5, 5.41) is 10.9. The molecule has 0 aromatic heterocycles. The number of hydrogen-bond donors (Lipinski definition) is 0. The first-order valence-corrected chi connectivity index (χ1v) is 11.2. The van der Waals surface area contributed by atoms with Crippen LogP contribution in [0, 0.1) is 10.1 Å². The summed E-state index contributed by atoms with van der Waals surface area (Å²) < 4.78 is 16.0. The van der Waals surface area contributed by atoms with E-state index in [-0.39, 0.29) is 30.4 Å². The van der Waals surface area contributed by atoms with E-state index in [1.165, 1.54) is 29.2 Å². The molecule has 3 aromatic rings. The third kappa shape index (κ3) is 6.47. The number of rotatable bonds is 9. The van der Waals surface area contributed by atoms with Crippen molar-refractivity contribution in [2.24, 2.45) is 0 Å². The SMILES string of the molecule is CCOC(=O)/C(=C/c1ccc(-c2ccccc2)c(N(C)C(=O)Oc2ccc([N+](=O)[O-])cc2)c1)OCC. The Balaban J connectivity index is 1.98. The topological polar surface area (TPSA) is 108 Å². The number of ether oxygens (including phenoxy) is 3. The fourth-order valence-electron chi connectivity index (χ4n) is 3.35. The summed E-state index contributed by atoms with van der Waals surface area (Å²) in [5.74, 6) is -0.372. The van der Waals surface area contributed by atoms with Gasteiger partial charge < -0.3 is 14.2 Å². The van der Waals surface area contributed by atoms with Gasteiger partial charge in [-0.15, -0.1) is 0 Å². The van der Waals surface area contributed by atoms with Gasteiger partial charge in [-0.1, -0.05) is 42.5 Å². The Bertz CT molecular complexity index is 1250. The Kier molecular flexibility index (Phi) is 8.77. The van der Waals surface area contributed by atoms with Crippen LogP contribution in [-0.4, -0.2) is 37.2 Å². The third-order valence-electron chi connectivity index (χ3n) is 5.07. The average molecular weight is 491 g/mol. The number of hydrogen-bond acceptors (Lipinski definition) is 7. The van der Waals surface area contributed by atoms with Gasteiger partial charge in [0.1, 0.15) is 5.75 Å². The predicted molar refractivity (Wildman–Crippen MR) is 136 cm³/mol. The van der Waals surface area contributed by atoms with Crippen LogP contribution in [0.5, 0.6) is 5.75 Å². The lowest BCUT2D eigenvalue weighted by atomic mass is 10.0. The van der Waals surface area contributed by atoms with Crippen molar-refractivity contribution in [1.82, 2.24) is 0 Å². The van der Waals surface area contributed by atoms with Crippen LogP contribution in [0.3, 0.4) is 0 Å². The molecule has 0 aliphatic rings. The van der Waals surface area contributed by atoms with Gasteiger partial charge in [-0.05, 0) is 49.2 Å². The van der Waals surface area contributed by atoms with Crippen molar-refractivity contribution in [3.8, 4) is 16.9 Å². The molecule has 0 aliphatic carbocycles. The summed E-state index contributed by atoms with van der Waals surface area (Å²) in [6, 6.07) is 20.1. The second kappa shape index (κ2) is 12.2. The third-order valence-corrected chi connectivity index (χ3v) is 5.07. The highest BCUT2D eigenvalue weighted by atomic mass is 16.6. The van der Waals surface area contributed by atoms with Gasteiger partial charge in [0.15, 0.2) is 0 Å². The minimum absolute atomic E-state index is 0.0499. The summed E-state index contributed by atoms with van der Waals surface area (Å²) >= 11 is 0. The van der Waals surface area contributed by atoms with E-state index in [1.807, 2.05) is 36.4 Å². The summed E-state index contributed by atoms with van der Waals surface area (Å²) in [7, 11) is 1.55. The summed E-state index contributed by atoms with van der Waals surface area (Å²) in [5.41, 5.74) is 2.64. The van der Waals surface area contributed by atoms with Gasteiger partial charge in [-0.2, -0.15) is 0 Å². The molecular formula is C27H26N2O7. The number of nitro benzene ring substituents is 1. The number of anilines is 1. The van der Waals surface area contributed by atoms with Crippen LogP contribution in [-0.2, 0) is 14.3 Å². The van der Waals surface area contributed by atoms with Crippen molar-refractivity contribution in [2.75, 3.05) is 25.2 Å². The number of nitrogens with zero attached hydrogens (tertiary/aromatic N) is 2. The van der Waals surface area contributed by atoms with Gasteiger partial charge in [0.2, 0.25) is 5.76 Å². The zero-order valence-corrected chi connectivity index (χ0v) is 20.2. The van der Waals surface area contributed by atoms with Crippen LogP contribution in [0.1, 0.15) is 19.4 Å². The Labute approximate surface area is 208 Å². The molecule has 3 rings (SSSR count). The lowest BCUT2D eigenvalue weighted by molar-refractivity contribution is -0.384. The minimum atomic E-state index is -0.697. The zero-order valence-electron chi connectivity index (χ0n) is 20.2. The number of non-ortho nitro benzene ring substituents is 1. The summed E-state index contributed by atoms with van der Waals surface area (Å²) in [4.78, 5) is 36.9. The zero-order chi connectivity index (χ0) is 26.1. The number of nitro groups is 1. The second-order valence-electron chi connectivity index (χ2n) is 7.48. The lowest BCUT2D eigenvalue weighted by Crippen LogP contribution is -2.30. The van der Waals surface area contributed by atoms with E-state index in [2.05, 4.69) is 0 Å². The summed E-state index contributed by atoms with van der Waals surface area (Å²) in [6.45, 7) is 3.96. The van der Waals surface area contributed by atoms with Crippen LogP contribution in [0.15, 0.2) is 78.6 Å². The van der Waals surface area contributed by atoms with Crippen LogP contribution < -0.4 is 9.64 Å². The fourth-order valence-corrected chi connectivity index (χ4v) is 3.35. The number of esters is 1. The maximum absolute atomic E-state index is 13.0. The Morgan fingerprint density at radius 3 is 2.22 bits per heavy atom. The molecule has 0 fully saturated rings. The molecule has 0 atom stereocenters. The first-order valence-electron chi connectivity index (χ1n) is 11.2. The molecule has 0 unspecified atom stereocenters. The number of carbonyl (C=O) groups is 2. The van der Waals surface area contributed by atoms with E-state index in [0.717, 1.165) is 11.1 Å². The van der Waals surface area contributed by atoms with Gasteiger partial charge in [0.25, 0.3) is 5.69 Å². The van der Waals surface area contributed by atoms with Gasteiger partial charge in [0.05, 0.1) is 23.8 Å². The van der Waals surface area contributed by atoms with Crippen molar-refractivity contribution < 1.29 is 28.7 Å². The van der Waals surface area contributed by atoms with Crippen molar-refractivity contribution in [1.29, 1.82) is 0 Å². The maximum atomic E-state index is 13.0. The number of amides is 1. The molecule has 0 saturated heterocycles. The van der Waals surface area contributed by atoms with E-state index in [0.29, 0.717) is 11.3 Å². The fraction of sp³-hybridized carbons (Fsp3) is 0.185. The maximum Gasteiger partial charge on any atom is 0.419 e. The predicted octanol–water partition coefficient (Wildman–Crippen LogP) is 5.84. The highest BCUT2D eigenvalue weighted by Gasteiger charge is 2.20. The molecule has 1 amide bonds. The van der Waals surface area contributed by atoms with Gasteiger partial charge >= 0.3 is 12.1 Å². The molecule has 0 saturated carbocycles. The molecule has 0 N–H and O–H groups in total. The molecule has 0 spiro atoms. The highest BCUT2D eigenvalue weighted by molar-refractivity contribution is 5.96. The van der Waals surface area contributed by atoms with Crippen molar-refractivity contribution >= 4 is 29.5 Å². The molecule has 9 nitrogen and oxygen atoms in total. The Morgan fingerprint density at radius 2 is 1.61 bits per heavy atom. The van der Waals surface area contributed by atoms with Gasteiger partial charge in [0, 0.05) is 24.7 Å². The van der Waals surface area contributed by atoms with Gasteiger partial charge in [-0.25, -0.2) is 9.59 Å². The largest absolute Gasteiger partial charge is 0.487 e. The van der Waals surface area contributed by atoms with E-state index in [1.54, 1.807) is 39.1 Å². The molecule has 0 radical (unpaired) electrons. The minimum Gasteiger partial charge on any atom is -0.487 e. The molecule has 0 aliphatic heterocycles. The molecule has 0 heterocycles. The van der Waals surface area contributed by atoms with Crippen molar-refractivity contribution in [3.05, 3.63) is 94.2 Å². The van der Waals surface area contributed by atoms with Crippen LogP contribution >= 0.6 is 0 Å².